The van der Waals surface area contributed by atoms with Gasteiger partial charge in [0, 0.05) is 52.2 Å². The van der Waals surface area contributed by atoms with Crippen molar-refractivity contribution in [2.24, 2.45) is 13.0 Å². The third-order valence-electron chi connectivity index (χ3n) is 4.18. The Labute approximate surface area is 119 Å². The number of piperazine rings is 1. The van der Waals surface area contributed by atoms with Gasteiger partial charge in [-0.05, 0) is 12.8 Å². The van der Waals surface area contributed by atoms with Gasteiger partial charge in [-0.3, -0.25) is 4.79 Å². The fraction of sp³-hybridized carbons (Fsp3) is 0.714. The SMILES string of the molecule is Cn1ccnc1N1CCN(C(=O)C2CCCOC2)CC1. The van der Waals surface area contributed by atoms with Crippen LogP contribution in [0.4, 0.5) is 5.95 Å². The van der Waals surface area contributed by atoms with Crippen molar-refractivity contribution in [2.45, 2.75) is 12.8 Å². The van der Waals surface area contributed by atoms with Gasteiger partial charge < -0.3 is 19.1 Å². The molecule has 1 aromatic heterocycles. The predicted molar refractivity (Wildman–Crippen MR) is 75.5 cm³/mol. The molecular formula is C14H22N4O2. The number of anilines is 1. The molecule has 2 aliphatic heterocycles. The highest BCUT2D eigenvalue weighted by molar-refractivity contribution is 5.79. The number of carbonyl (C=O) groups is 1. The molecule has 6 nitrogen and oxygen atoms in total. The Kier molecular flexibility index (Phi) is 3.91. The van der Waals surface area contributed by atoms with Crippen LogP contribution >= 0.6 is 0 Å². The average Bonchev–Trinajstić information content (AvgIpc) is 2.94. The minimum atomic E-state index is 0.0726. The molecular weight excluding hydrogens is 256 g/mol. The van der Waals surface area contributed by atoms with Gasteiger partial charge in [0.25, 0.3) is 0 Å². The third kappa shape index (κ3) is 2.65. The first-order valence-electron chi connectivity index (χ1n) is 7.34. The summed E-state index contributed by atoms with van der Waals surface area (Å²) in [4.78, 5) is 21.0. The van der Waals surface area contributed by atoms with Crippen LogP contribution in [-0.2, 0) is 16.6 Å². The Balaban J connectivity index is 1.55. The fourth-order valence-corrected chi connectivity index (χ4v) is 2.98. The third-order valence-corrected chi connectivity index (χ3v) is 4.18. The molecule has 0 N–H and O–H groups in total. The number of hydrogen-bond donors (Lipinski definition) is 0. The minimum absolute atomic E-state index is 0.0726. The molecule has 0 saturated carbocycles. The fourth-order valence-electron chi connectivity index (χ4n) is 2.98. The molecule has 2 saturated heterocycles. The lowest BCUT2D eigenvalue weighted by Gasteiger charge is -2.37. The zero-order valence-electron chi connectivity index (χ0n) is 12.0. The monoisotopic (exact) mass is 278 g/mol. The summed E-state index contributed by atoms with van der Waals surface area (Å²) in [5.41, 5.74) is 0. The van der Waals surface area contributed by atoms with Crippen LogP contribution in [0.2, 0.25) is 0 Å². The molecule has 1 unspecified atom stereocenters. The standard InChI is InChI=1S/C14H22N4O2/c1-16-5-4-15-14(16)18-8-6-17(7-9-18)13(19)12-3-2-10-20-11-12/h4-5,12H,2-3,6-11H2,1H3. The van der Waals surface area contributed by atoms with Gasteiger partial charge in [-0.2, -0.15) is 0 Å². The molecule has 3 heterocycles. The maximum atomic E-state index is 12.4. The highest BCUT2D eigenvalue weighted by atomic mass is 16.5. The van der Waals surface area contributed by atoms with Crippen molar-refractivity contribution in [1.29, 1.82) is 0 Å². The normalized spacial score (nSPS) is 23.9. The highest BCUT2D eigenvalue weighted by Crippen LogP contribution is 2.19. The first-order valence-corrected chi connectivity index (χ1v) is 7.34. The van der Waals surface area contributed by atoms with Gasteiger partial charge in [0.1, 0.15) is 0 Å². The number of hydrogen-bond acceptors (Lipinski definition) is 4. The molecule has 20 heavy (non-hydrogen) atoms. The van der Waals surface area contributed by atoms with Crippen molar-refractivity contribution >= 4 is 11.9 Å². The van der Waals surface area contributed by atoms with Crippen LogP contribution in [0.25, 0.3) is 0 Å². The first kappa shape index (κ1) is 13.4. The van der Waals surface area contributed by atoms with Gasteiger partial charge in [0.15, 0.2) is 0 Å². The van der Waals surface area contributed by atoms with Crippen LogP contribution in [0, 0.1) is 5.92 Å². The molecule has 110 valence electrons. The summed E-state index contributed by atoms with van der Waals surface area (Å²) >= 11 is 0. The lowest BCUT2D eigenvalue weighted by molar-refractivity contribution is -0.140. The van der Waals surface area contributed by atoms with E-state index in [-0.39, 0.29) is 11.8 Å². The van der Waals surface area contributed by atoms with E-state index in [0.29, 0.717) is 6.61 Å². The second kappa shape index (κ2) is 5.83. The molecule has 1 atom stereocenters. The first-order chi connectivity index (χ1) is 9.75. The van der Waals surface area contributed by atoms with Gasteiger partial charge in [0.2, 0.25) is 11.9 Å². The van der Waals surface area contributed by atoms with E-state index in [2.05, 4.69) is 9.88 Å². The second-order valence-corrected chi connectivity index (χ2v) is 5.56. The van der Waals surface area contributed by atoms with Crippen LogP contribution in [0.1, 0.15) is 12.8 Å². The molecule has 3 rings (SSSR count). The average molecular weight is 278 g/mol. The van der Waals surface area contributed by atoms with E-state index in [0.717, 1.165) is 51.6 Å². The summed E-state index contributed by atoms with van der Waals surface area (Å²) < 4.78 is 7.44. The molecule has 6 heteroatoms. The molecule has 1 amide bonds. The number of amides is 1. The Morgan fingerprint density at radius 2 is 2.15 bits per heavy atom. The number of aromatic nitrogens is 2. The smallest absolute Gasteiger partial charge is 0.228 e. The Hall–Kier alpha value is -1.56. The zero-order valence-corrected chi connectivity index (χ0v) is 12.0. The summed E-state index contributed by atoms with van der Waals surface area (Å²) in [6.45, 7) is 4.66. The van der Waals surface area contributed by atoms with Crippen molar-refractivity contribution in [3.05, 3.63) is 12.4 Å². The van der Waals surface area contributed by atoms with Crippen molar-refractivity contribution < 1.29 is 9.53 Å². The number of rotatable bonds is 2. The van der Waals surface area contributed by atoms with E-state index in [9.17, 15) is 4.79 Å². The van der Waals surface area contributed by atoms with Crippen LogP contribution in [0.15, 0.2) is 12.4 Å². The second-order valence-electron chi connectivity index (χ2n) is 5.56. The van der Waals surface area contributed by atoms with Crippen LogP contribution < -0.4 is 4.90 Å². The van der Waals surface area contributed by atoms with E-state index >= 15 is 0 Å². The van der Waals surface area contributed by atoms with Crippen LogP contribution in [-0.4, -0.2) is 59.8 Å². The van der Waals surface area contributed by atoms with E-state index in [4.69, 9.17) is 4.74 Å². The number of aryl methyl sites for hydroxylation is 1. The zero-order chi connectivity index (χ0) is 13.9. The number of carbonyl (C=O) groups excluding carboxylic acids is 1. The molecule has 2 fully saturated rings. The summed E-state index contributed by atoms with van der Waals surface area (Å²) in [6.07, 6.45) is 5.74. The summed E-state index contributed by atoms with van der Waals surface area (Å²) in [5.74, 6) is 1.32. The summed E-state index contributed by atoms with van der Waals surface area (Å²) in [7, 11) is 2.00. The molecule has 2 aliphatic rings. The Morgan fingerprint density at radius 1 is 1.35 bits per heavy atom. The van der Waals surface area contributed by atoms with Crippen molar-refractivity contribution in [3.63, 3.8) is 0 Å². The lowest BCUT2D eigenvalue weighted by atomic mass is 10.0. The number of nitrogens with zero attached hydrogens (tertiary/aromatic N) is 4. The van der Waals surface area contributed by atoms with Gasteiger partial charge in [-0.1, -0.05) is 0 Å². The lowest BCUT2D eigenvalue weighted by Crippen LogP contribution is -2.51. The van der Waals surface area contributed by atoms with E-state index in [1.807, 2.05) is 28.9 Å². The minimum Gasteiger partial charge on any atom is -0.381 e. The largest absolute Gasteiger partial charge is 0.381 e. The van der Waals surface area contributed by atoms with Gasteiger partial charge in [0.05, 0.1) is 12.5 Å². The summed E-state index contributed by atoms with van der Waals surface area (Å²) in [6, 6.07) is 0. The van der Waals surface area contributed by atoms with Crippen molar-refractivity contribution in [1.82, 2.24) is 14.5 Å². The van der Waals surface area contributed by atoms with E-state index in [1.54, 1.807) is 0 Å². The van der Waals surface area contributed by atoms with Crippen molar-refractivity contribution in [2.75, 3.05) is 44.3 Å². The quantitative estimate of drug-likeness (QED) is 0.790. The predicted octanol–water partition coefficient (Wildman–Crippen LogP) is 0.495. The molecule has 0 bridgehead atoms. The van der Waals surface area contributed by atoms with Crippen molar-refractivity contribution in [3.8, 4) is 0 Å². The van der Waals surface area contributed by atoms with Gasteiger partial charge >= 0.3 is 0 Å². The highest BCUT2D eigenvalue weighted by Gasteiger charge is 2.29. The molecule has 0 spiro atoms. The maximum absolute atomic E-state index is 12.4. The van der Waals surface area contributed by atoms with E-state index < -0.39 is 0 Å². The molecule has 1 aromatic rings. The molecule has 0 aromatic carbocycles. The number of ether oxygens (including phenoxy) is 1. The Morgan fingerprint density at radius 3 is 2.75 bits per heavy atom. The maximum Gasteiger partial charge on any atom is 0.228 e. The van der Waals surface area contributed by atoms with Crippen LogP contribution in [0.5, 0.6) is 0 Å². The van der Waals surface area contributed by atoms with Crippen LogP contribution in [0.3, 0.4) is 0 Å². The number of imidazole rings is 1. The van der Waals surface area contributed by atoms with Gasteiger partial charge in [-0.25, -0.2) is 4.98 Å². The molecule has 0 radical (unpaired) electrons. The van der Waals surface area contributed by atoms with Gasteiger partial charge in [-0.15, -0.1) is 0 Å². The molecule has 0 aliphatic carbocycles. The topological polar surface area (TPSA) is 50.6 Å². The summed E-state index contributed by atoms with van der Waals surface area (Å²) in [5, 5.41) is 0. The Bertz CT molecular complexity index is 459. The van der Waals surface area contributed by atoms with E-state index in [1.165, 1.54) is 0 Å².